The predicted molar refractivity (Wildman–Crippen MR) is 75.5 cm³/mol. The van der Waals surface area contributed by atoms with Crippen LogP contribution in [-0.4, -0.2) is 29.9 Å². The van der Waals surface area contributed by atoms with E-state index in [0.717, 1.165) is 24.8 Å². The second-order valence-corrected chi connectivity index (χ2v) is 6.52. The normalized spacial score (nSPS) is 29.9. The SMILES string of the molecule is CC(C)(NC=O)[C@H]1[C@@H]2CN(Cc3ccccc3)C[C@@H]21. The third kappa shape index (κ3) is 2.39. The molecule has 3 atom stereocenters. The van der Waals surface area contributed by atoms with Crippen molar-refractivity contribution in [1.29, 1.82) is 0 Å². The highest BCUT2D eigenvalue weighted by Gasteiger charge is 2.61. The Morgan fingerprint density at radius 1 is 1.26 bits per heavy atom. The average Bonchev–Trinajstić information content (AvgIpc) is 2.90. The van der Waals surface area contributed by atoms with Gasteiger partial charge in [-0.05, 0) is 37.2 Å². The summed E-state index contributed by atoms with van der Waals surface area (Å²) < 4.78 is 0. The fourth-order valence-corrected chi connectivity index (χ4v) is 3.90. The maximum Gasteiger partial charge on any atom is 0.207 e. The van der Waals surface area contributed by atoms with Crippen LogP contribution in [0, 0.1) is 17.8 Å². The monoisotopic (exact) mass is 258 g/mol. The lowest BCUT2D eigenvalue weighted by molar-refractivity contribution is -0.111. The molecule has 3 nitrogen and oxygen atoms in total. The average molecular weight is 258 g/mol. The lowest BCUT2D eigenvalue weighted by Crippen LogP contribution is -2.43. The first-order chi connectivity index (χ1) is 9.12. The standard InChI is InChI=1S/C16H22N2O/c1-16(2,17-11-19)15-13-9-18(10-14(13)15)8-12-6-4-3-5-7-12/h3-7,11,13-15H,8-10H2,1-2H3,(H,17,19)/t13-,14+,15+. The van der Waals surface area contributed by atoms with Crippen molar-refractivity contribution in [2.45, 2.75) is 25.9 Å². The maximum absolute atomic E-state index is 10.7. The van der Waals surface area contributed by atoms with Crippen LogP contribution in [0.25, 0.3) is 0 Å². The quantitative estimate of drug-likeness (QED) is 0.818. The van der Waals surface area contributed by atoms with Crippen LogP contribution >= 0.6 is 0 Å². The molecular formula is C16H22N2O. The summed E-state index contributed by atoms with van der Waals surface area (Å²) in [6, 6.07) is 10.7. The molecule has 1 aliphatic carbocycles. The van der Waals surface area contributed by atoms with Crippen molar-refractivity contribution >= 4 is 6.41 Å². The molecule has 2 aliphatic rings. The Labute approximate surface area is 115 Å². The lowest BCUT2D eigenvalue weighted by Gasteiger charge is -2.28. The van der Waals surface area contributed by atoms with Crippen molar-refractivity contribution in [2.24, 2.45) is 17.8 Å². The summed E-state index contributed by atoms with van der Waals surface area (Å²) in [5.41, 5.74) is 1.35. The van der Waals surface area contributed by atoms with Gasteiger partial charge >= 0.3 is 0 Å². The van der Waals surface area contributed by atoms with E-state index in [-0.39, 0.29) is 5.54 Å². The number of fused-ring (bicyclic) bond motifs is 1. The molecule has 0 radical (unpaired) electrons. The van der Waals surface area contributed by atoms with Crippen LogP contribution in [0.4, 0.5) is 0 Å². The number of piperidine rings is 1. The second kappa shape index (κ2) is 4.64. The smallest absolute Gasteiger partial charge is 0.207 e. The van der Waals surface area contributed by atoms with Crippen molar-refractivity contribution < 1.29 is 4.79 Å². The number of hydrogen-bond donors (Lipinski definition) is 1. The van der Waals surface area contributed by atoms with Gasteiger partial charge in [0.15, 0.2) is 0 Å². The summed E-state index contributed by atoms with van der Waals surface area (Å²) in [5, 5.41) is 2.98. The lowest BCUT2D eigenvalue weighted by atomic mass is 9.95. The van der Waals surface area contributed by atoms with Gasteiger partial charge in [0.2, 0.25) is 6.41 Å². The zero-order valence-corrected chi connectivity index (χ0v) is 11.7. The Balaban J connectivity index is 1.55. The predicted octanol–water partition coefficient (Wildman–Crippen LogP) is 1.89. The number of likely N-dealkylation sites (tertiary alicyclic amines) is 1. The molecular weight excluding hydrogens is 236 g/mol. The Hall–Kier alpha value is -1.35. The highest BCUT2D eigenvalue weighted by atomic mass is 16.1. The minimum Gasteiger partial charge on any atom is -0.354 e. The second-order valence-electron chi connectivity index (χ2n) is 6.52. The summed E-state index contributed by atoms with van der Waals surface area (Å²) in [6.45, 7) is 7.70. The highest BCUT2D eigenvalue weighted by Crippen LogP contribution is 2.56. The van der Waals surface area contributed by atoms with Gasteiger partial charge in [-0.3, -0.25) is 9.69 Å². The van der Waals surface area contributed by atoms with Gasteiger partial charge in [-0.1, -0.05) is 30.3 Å². The number of carbonyl (C=O) groups is 1. The van der Waals surface area contributed by atoms with E-state index in [2.05, 4.69) is 54.4 Å². The minimum atomic E-state index is -0.0457. The van der Waals surface area contributed by atoms with Crippen LogP contribution in [0.5, 0.6) is 0 Å². The summed E-state index contributed by atoms with van der Waals surface area (Å²) in [7, 11) is 0. The number of rotatable bonds is 5. The molecule has 19 heavy (non-hydrogen) atoms. The van der Waals surface area contributed by atoms with Gasteiger partial charge in [-0.25, -0.2) is 0 Å². The molecule has 1 saturated carbocycles. The van der Waals surface area contributed by atoms with Crippen LogP contribution in [0.15, 0.2) is 30.3 Å². The first kappa shape index (κ1) is 12.7. The van der Waals surface area contributed by atoms with Crippen LogP contribution in [0.1, 0.15) is 19.4 Å². The molecule has 1 aromatic carbocycles. The van der Waals surface area contributed by atoms with Gasteiger partial charge in [0.1, 0.15) is 0 Å². The van der Waals surface area contributed by atoms with Crippen LogP contribution in [0.2, 0.25) is 0 Å². The van der Waals surface area contributed by atoms with E-state index in [9.17, 15) is 4.79 Å². The number of nitrogens with zero attached hydrogens (tertiary/aromatic N) is 1. The van der Waals surface area contributed by atoms with Crippen LogP contribution < -0.4 is 5.32 Å². The number of hydrogen-bond acceptors (Lipinski definition) is 2. The highest BCUT2D eigenvalue weighted by molar-refractivity contribution is 5.48. The molecule has 1 saturated heterocycles. The zero-order chi connectivity index (χ0) is 13.5. The minimum absolute atomic E-state index is 0.0457. The molecule has 3 rings (SSSR count). The Morgan fingerprint density at radius 3 is 2.47 bits per heavy atom. The number of carbonyl (C=O) groups excluding carboxylic acids is 1. The molecule has 1 aromatic rings. The van der Waals surface area contributed by atoms with Crippen molar-refractivity contribution in [3.63, 3.8) is 0 Å². The van der Waals surface area contributed by atoms with Crippen LogP contribution in [-0.2, 0) is 11.3 Å². The number of benzene rings is 1. The molecule has 1 amide bonds. The van der Waals surface area contributed by atoms with E-state index in [0.29, 0.717) is 5.92 Å². The van der Waals surface area contributed by atoms with Crippen molar-refractivity contribution in [3.8, 4) is 0 Å². The van der Waals surface area contributed by atoms with E-state index in [1.54, 1.807) is 0 Å². The van der Waals surface area contributed by atoms with Gasteiger partial charge in [0.05, 0.1) is 0 Å². The number of nitrogens with one attached hydrogen (secondary N) is 1. The zero-order valence-electron chi connectivity index (χ0n) is 11.7. The molecule has 102 valence electrons. The van der Waals surface area contributed by atoms with Gasteiger partial charge in [-0.15, -0.1) is 0 Å². The topological polar surface area (TPSA) is 32.3 Å². The fourth-order valence-electron chi connectivity index (χ4n) is 3.90. The molecule has 2 fully saturated rings. The number of amides is 1. The molecule has 1 heterocycles. The summed E-state index contributed by atoms with van der Waals surface area (Å²) in [4.78, 5) is 13.2. The molecule has 1 N–H and O–H groups in total. The van der Waals surface area contributed by atoms with E-state index < -0.39 is 0 Å². The van der Waals surface area contributed by atoms with Gasteiger partial charge in [0.25, 0.3) is 0 Å². The Kier molecular flexibility index (Phi) is 3.09. The first-order valence-corrected chi connectivity index (χ1v) is 7.09. The van der Waals surface area contributed by atoms with Gasteiger partial charge < -0.3 is 5.32 Å². The molecule has 1 aliphatic heterocycles. The summed E-state index contributed by atoms with van der Waals surface area (Å²) in [6.07, 6.45) is 0.843. The summed E-state index contributed by atoms with van der Waals surface area (Å²) >= 11 is 0. The molecule has 0 aromatic heterocycles. The molecule has 0 spiro atoms. The fraction of sp³-hybridized carbons (Fsp3) is 0.562. The first-order valence-electron chi connectivity index (χ1n) is 7.09. The molecule has 3 heteroatoms. The van der Waals surface area contributed by atoms with Crippen molar-refractivity contribution in [2.75, 3.05) is 13.1 Å². The molecule has 0 unspecified atom stereocenters. The van der Waals surface area contributed by atoms with Crippen molar-refractivity contribution in [1.82, 2.24) is 10.2 Å². The van der Waals surface area contributed by atoms with Crippen LogP contribution in [0.3, 0.4) is 0 Å². The van der Waals surface area contributed by atoms with E-state index in [4.69, 9.17) is 0 Å². The summed E-state index contributed by atoms with van der Waals surface area (Å²) in [5.74, 6) is 2.20. The third-order valence-corrected chi connectivity index (χ3v) is 4.78. The van der Waals surface area contributed by atoms with E-state index >= 15 is 0 Å². The largest absolute Gasteiger partial charge is 0.354 e. The van der Waals surface area contributed by atoms with Gasteiger partial charge in [-0.2, -0.15) is 0 Å². The van der Waals surface area contributed by atoms with E-state index in [1.807, 2.05) is 0 Å². The third-order valence-electron chi connectivity index (χ3n) is 4.78. The van der Waals surface area contributed by atoms with Gasteiger partial charge in [0, 0.05) is 25.2 Å². The molecule has 0 bridgehead atoms. The van der Waals surface area contributed by atoms with Crippen molar-refractivity contribution in [3.05, 3.63) is 35.9 Å². The van der Waals surface area contributed by atoms with E-state index in [1.165, 1.54) is 18.7 Å². The Morgan fingerprint density at radius 2 is 1.89 bits per heavy atom. The maximum atomic E-state index is 10.7. The Bertz CT molecular complexity index is 445.